The van der Waals surface area contributed by atoms with Gasteiger partial charge in [0, 0.05) is 30.5 Å². The van der Waals surface area contributed by atoms with Crippen LogP contribution in [0.4, 0.5) is 0 Å². The summed E-state index contributed by atoms with van der Waals surface area (Å²) in [6.45, 7) is 1.38. The highest BCUT2D eigenvalue weighted by Crippen LogP contribution is 2.43. The molecule has 2 aliphatic rings. The number of rotatable bonds is 6. The minimum Gasteiger partial charge on any atom is -0.370 e. The van der Waals surface area contributed by atoms with Crippen molar-refractivity contribution in [3.8, 4) is 5.69 Å². The Morgan fingerprint density at radius 3 is 2.69 bits per heavy atom. The average Bonchev–Trinajstić information content (AvgIpc) is 3.45. The molecule has 8 heteroatoms. The minimum absolute atomic E-state index is 0.00649. The van der Waals surface area contributed by atoms with Gasteiger partial charge in [0.25, 0.3) is 5.91 Å². The number of halogens is 2. The summed E-state index contributed by atoms with van der Waals surface area (Å²) in [6.07, 6.45) is 6.79. The predicted octanol–water partition coefficient (Wildman–Crippen LogP) is 4.17. The zero-order valence-electron chi connectivity index (χ0n) is 16.1. The lowest BCUT2D eigenvalue weighted by Gasteiger charge is -2.32. The fraction of sp³-hybridized carbons (Fsp3) is 0.476. The number of primary amides is 1. The molecule has 1 unspecified atom stereocenters. The summed E-state index contributed by atoms with van der Waals surface area (Å²) >= 11 is 12.4. The van der Waals surface area contributed by atoms with E-state index in [2.05, 4.69) is 5.10 Å². The van der Waals surface area contributed by atoms with Crippen LogP contribution in [0.15, 0.2) is 24.4 Å². The molecule has 1 aliphatic heterocycles. The summed E-state index contributed by atoms with van der Waals surface area (Å²) in [5.41, 5.74) is 7.59. The standard InChI is InChI=1S/C21H24Cl2N4O2/c22-15-6-7-18(17(23)10-15)27-20(14-4-5-14)16(11-25-27)21(29)26-9-1-2-13(12-26)3-8-19(24)28/h6-7,10-11,13-14H,1-5,8-9,12H2,(H2,24,28). The van der Waals surface area contributed by atoms with E-state index < -0.39 is 0 Å². The van der Waals surface area contributed by atoms with E-state index >= 15 is 0 Å². The molecule has 1 saturated heterocycles. The zero-order valence-corrected chi connectivity index (χ0v) is 17.6. The Kier molecular flexibility index (Phi) is 5.83. The molecular formula is C21H24Cl2N4O2. The molecule has 0 spiro atoms. The van der Waals surface area contributed by atoms with Crippen LogP contribution in [0, 0.1) is 5.92 Å². The lowest BCUT2D eigenvalue weighted by Crippen LogP contribution is -2.40. The van der Waals surface area contributed by atoms with Crippen molar-refractivity contribution in [3.63, 3.8) is 0 Å². The van der Waals surface area contributed by atoms with Gasteiger partial charge in [-0.1, -0.05) is 23.2 Å². The first-order valence-corrected chi connectivity index (χ1v) is 10.8. The second-order valence-electron chi connectivity index (χ2n) is 7.99. The molecule has 0 radical (unpaired) electrons. The van der Waals surface area contributed by atoms with Gasteiger partial charge in [0.05, 0.1) is 28.2 Å². The summed E-state index contributed by atoms with van der Waals surface area (Å²) in [6, 6.07) is 5.29. The summed E-state index contributed by atoms with van der Waals surface area (Å²) in [5.74, 6) is 0.349. The highest BCUT2D eigenvalue weighted by molar-refractivity contribution is 6.35. The quantitative estimate of drug-likeness (QED) is 0.740. The molecule has 1 atom stereocenters. The van der Waals surface area contributed by atoms with Gasteiger partial charge in [-0.2, -0.15) is 5.10 Å². The van der Waals surface area contributed by atoms with E-state index in [4.69, 9.17) is 28.9 Å². The van der Waals surface area contributed by atoms with Crippen LogP contribution in [0.25, 0.3) is 5.69 Å². The topological polar surface area (TPSA) is 81.2 Å². The zero-order chi connectivity index (χ0) is 20.5. The van der Waals surface area contributed by atoms with Crippen LogP contribution in [0.2, 0.25) is 10.0 Å². The number of aromatic nitrogens is 2. The predicted molar refractivity (Wildman–Crippen MR) is 113 cm³/mol. The smallest absolute Gasteiger partial charge is 0.257 e. The largest absolute Gasteiger partial charge is 0.370 e. The molecule has 154 valence electrons. The van der Waals surface area contributed by atoms with Crippen LogP contribution < -0.4 is 5.73 Å². The maximum atomic E-state index is 13.3. The molecule has 2 fully saturated rings. The van der Waals surface area contributed by atoms with E-state index in [1.54, 1.807) is 23.0 Å². The van der Waals surface area contributed by atoms with Crippen LogP contribution >= 0.6 is 23.2 Å². The van der Waals surface area contributed by atoms with Gasteiger partial charge < -0.3 is 10.6 Å². The summed E-state index contributed by atoms with van der Waals surface area (Å²) in [5, 5.41) is 5.58. The molecule has 1 aromatic heterocycles. The molecule has 0 bridgehead atoms. The van der Waals surface area contributed by atoms with Gasteiger partial charge in [0.1, 0.15) is 0 Å². The number of hydrogen-bond acceptors (Lipinski definition) is 3. The number of hydrogen-bond donors (Lipinski definition) is 1. The Hall–Kier alpha value is -2.05. The third-order valence-corrected chi connectivity index (χ3v) is 6.28. The van der Waals surface area contributed by atoms with Gasteiger partial charge >= 0.3 is 0 Å². The molecule has 1 aromatic carbocycles. The van der Waals surface area contributed by atoms with Crippen LogP contribution in [-0.4, -0.2) is 39.6 Å². The van der Waals surface area contributed by atoms with E-state index in [9.17, 15) is 9.59 Å². The van der Waals surface area contributed by atoms with Crippen LogP contribution in [-0.2, 0) is 4.79 Å². The summed E-state index contributed by atoms with van der Waals surface area (Å²) in [4.78, 5) is 26.3. The molecule has 2 N–H and O–H groups in total. The van der Waals surface area contributed by atoms with Crippen LogP contribution in [0.1, 0.15) is 60.5 Å². The lowest BCUT2D eigenvalue weighted by atomic mass is 9.93. The Labute approximate surface area is 179 Å². The SMILES string of the molecule is NC(=O)CCC1CCCN(C(=O)c2cnn(-c3ccc(Cl)cc3Cl)c2C2CC2)C1. The van der Waals surface area contributed by atoms with Crippen molar-refractivity contribution in [1.29, 1.82) is 0 Å². The molecule has 6 nitrogen and oxygen atoms in total. The lowest BCUT2D eigenvalue weighted by molar-refractivity contribution is -0.118. The van der Waals surface area contributed by atoms with Crippen molar-refractivity contribution < 1.29 is 9.59 Å². The molecule has 1 saturated carbocycles. The third kappa shape index (κ3) is 4.43. The summed E-state index contributed by atoms with van der Waals surface area (Å²) in [7, 11) is 0. The molecule has 2 aromatic rings. The van der Waals surface area contributed by atoms with E-state index in [0.29, 0.717) is 40.4 Å². The van der Waals surface area contributed by atoms with Crippen molar-refractivity contribution >= 4 is 35.0 Å². The Bertz CT molecular complexity index is 939. The average molecular weight is 435 g/mol. The van der Waals surface area contributed by atoms with E-state index in [1.807, 2.05) is 11.0 Å². The van der Waals surface area contributed by atoms with Crippen molar-refractivity contribution in [2.75, 3.05) is 13.1 Å². The van der Waals surface area contributed by atoms with Crippen LogP contribution in [0.3, 0.4) is 0 Å². The number of nitrogens with zero attached hydrogens (tertiary/aromatic N) is 3. The van der Waals surface area contributed by atoms with E-state index in [-0.39, 0.29) is 11.8 Å². The first kappa shape index (κ1) is 20.2. The molecule has 29 heavy (non-hydrogen) atoms. The van der Waals surface area contributed by atoms with Crippen molar-refractivity contribution in [3.05, 3.63) is 45.7 Å². The van der Waals surface area contributed by atoms with Crippen molar-refractivity contribution in [2.45, 2.75) is 44.4 Å². The highest BCUT2D eigenvalue weighted by Gasteiger charge is 2.35. The molecular weight excluding hydrogens is 411 g/mol. The van der Waals surface area contributed by atoms with Gasteiger partial charge in [-0.25, -0.2) is 4.68 Å². The fourth-order valence-electron chi connectivity index (χ4n) is 4.12. The number of piperidine rings is 1. The van der Waals surface area contributed by atoms with Gasteiger partial charge in [0.2, 0.25) is 5.91 Å². The van der Waals surface area contributed by atoms with Crippen molar-refractivity contribution in [1.82, 2.24) is 14.7 Å². The van der Waals surface area contributed by atoms with Crippen LogP contribution in [0.5, 0.6) is 0 Å². The molecule has 1 aliphatic carbocycles. The number of carbonyl (C=O) groups excluding carboxylic acids is 2. The van der Waals surface area contributed by atoms with Gasteiger partial charge in [0.15, 0.2) is 0 Å². The minimum atomic E-state index is -0.286. The maximum absolute atomic E-state index is 13.3. The Balaban J connectivity index is 1.59. The summed E-state index contributed by atoms with van der Waals surface area (Å²) < 4.78 is 1.79. The highest BCUT2D eigenvalue weighted by atomic mass is 35.5. The molecule has 2 amide bonds. The number of benzene rings is 1. The van der Waals surface area contributed by atoms with E-state index in [1.165, 1.54) is 0 Å². The number of likely N-dealkylation sites (tertiary alicyclic amines) is 1. The second kappa shape index (κ2) is 8.36. The van der Waals surface area contributed by atoms with E-state index in [0.717, 1.165) is 50.0 Å². The number of carbonyl (C=O) groups is 2. The monoisotopic (exact) mass is 434 g/mol. The normalized spacial score (nSPS) is 19.4. The Morgan fingerprint density at radius 2 is 2.00 bits per heavy atom. The first-order valence-electron chi connectivity index (χ1n) is 10.0. The Morgan fingerprint density at radius 1 is 1.21 bits per heavy atom. The maximum Gasteiger partial charge on any atom is 0.257 e. The van der Waals surface area contributed by atoms with Crippen molar-refractivity contribution in [2.24, 2.45) is 11.7 Å². The molecule has 2 heterocycles. The van der Waals surface area contributed by atoms with Gasteiger partial charge in [-0.3, -0.25) is 9.59 Å². The third-order valence-electron chi connectivity index (χ3n) is 5.74. The van der Waals surface area contributed by atoms with Gasteiger partial charge in [-0.15, -0.1) is 0 Å². The first-order chi connectivity index (χ1) is 13.9. The molecule has 4 rings (SSSR count). The van der Waals surface area contributed by atoms with Gasteiger partial charge in [-0.05, 0) is 56.2 Å². The second-order valence-corrected chi connectivity index (χ2v) is 8.83. The fourth-order valence-corrected chi connectivity index (χ4v) is 4.61. The number of nitrogens with two attached hydrogens (primary N) is 1. The number of amides is 2.